The van der Waals surface area contributed by atoms with E-state index in [4.69, 9.17) is 5.11 Å². The second-order valence-electron chi connectivity index (χ2n) is 4.86. The molecule has 0 saturated heterocycles. The van der Waals surface area contributed by atoms with Crippen molar-refractivity contribution in [2.24, 2.45) is 0 Å². The van der Waals surface area contributed by atoms with E-state index >= 15 is 0 Å². The van der Waals surface area contributed by atoms with Crippen molar-refractivity contribution in [3.8, 4) is 0 Å². The van der Waals surface area contributed by atoms with E-state index in [0.29, 0.717) is 0 Å². The summed E-state index contributed by atoms with van der Waals surface area (Å²) in [7, 11) is -3.81. The monoisotopic (exact) mass is 312 g/mol. The van der Waals surface area contributed by atoms with Gasteiger partial charge in [0.2, 0.25) is 10.0 Å². The zero-order valence-electron chi connectivity index (χ0n) is 11.2. The molecule has 7 nitrogen and oxygen atoms in total. The van der Waals surface area contributed by atoms with Gasteiger partial charge in [-0.25, -0.2) is 8.42 Å². The Labute approximate surface area is 122 Å². The van der Waals surface area contributed by atoms with Crippen molar-refractivity contribution in [2.75, 3.05) is 10.5 Å². The minimum absolute atomic E-state index is 0.154. The lowest BCUT2D eigenvalue weighted by atomic mass is 10.1. The Morgan fingerprint density at radius 1 is 1.24 bits per heavy atom. The molecule has 21 heavy (non-hydrogen) atoms. The predicted octanol–water partition coefficient (Wildman–Crippen LogP) is 0.795. The zero-order chi connectivity index (χ0) is 15.5. The quantitative estimate of drug-likeness (QED) is 0.689. The summed E-state index contributed by atoms with van der Waals surface area (Å²) in [6, 6.07) is 6.39. The second kappa shape index (κ2) is 6.13. The van der Waals surface area contributed by atoms with Crippen molar-refractivity contribution >= 4 is 27.6 Å². The number of aliphatic carboxylic acids is 1. The zero-order valence-corrected chi connectivity index (χ0v) is 12.0. The van der Waals surface area contributed by atoms with Gasteiger partial charge in [-0.3, -0.25) is 14.3 Å². The smallest absolute Gasteiger partial charge is 0.304 e. The number of hydrogen-bond acceptors (Lipinski definition) is 4. The maximum atomic E-state index is 12.0. The van der Waals surface area contributed by atoms with Crippen LogP contribution in [0.4, 0.5) is 5.69 Å². The first-order valence-corrected chi connectivity index (χ1v) is 8.15. The van der Waals surface area contributed by atoms with Crippen LogP contribution >= 0.6 is 0 Å². The molecule has 0 atom stereocenters. The van der Waals surface area contributed by atoms with Gasteiger partial charge in [0.05, 0.1) is 23.4 Å². The Bertz CT molecular complexity index is 652. The Morgan fingerprint density at radius 3 is 2.52 bits per heavy atom. The van der Waals surface area contributed by atoms with E-state index in [1.807, 2.05) is 0 Å². The molecule has 0 spiro atoms. The molecule has 1 aliphatic rings. The van der Waals surface area contributed by atoms with Crippen LogP contribution in [0.5, 0.6) is 0 Å². The highest BCUT2D eigenvalue weighted by molar-refractivity contribution is 7.92. The molecule has 1 amide bonds. The maximum absolute atomic E-state index is 12.0. The SMILES string of the molecule is O=C(O)CCS(=O)(=O)Nc1ccccc1C(=O)NC1CC1. The molecule has 114 valence electrons. The van der Waals surface area contributed by atoms with Crippen LogP contribution in [0, 0.1) is 0 Å². The van der Waals surface area contributed by atoms with E-state index < -0.39 is 28.2 Å². The molecule has 2 rings (SSSR count). The molecular weight excluding hydrogens is 296 g/mol. The third-order valence-corrected chi connectivity index (χ3v) is 4.21. The van der Waals surface area contributed by atoms with Crippen LogP contribution in [0.1, 0.15) is 29.6 Å². The number of para-hydroxylation sites is 1. The maximum Gasteiger partial charge on any atom is 0.304 e. The molecule has 0 bridgehead atoms. The van der Waals surface area contributed by atoms with Gasteiger partial charge in [0.15, 0.2) is 0 Å². The molecule has 3 N–H and O–H groups in total. The van der Waals surface area contributed by atoms with Crippen LogP contribution in [0.2, 0.25) is 0 Å². The fraction of sp³-hybridized carbons (Fsp3) is 0.385. The van der Waals surface area contributed by atoms with Crippen molar-refractivity contribution in [3.63, 3.8) is 0 Å². The van der Waals surface area contributed by atoms with Crippen molar-refractivity contribution in [1.82, 2.24) is 5.32 Å². The number of hydrogen-bond donors (Lipinski definition) is 3. The summed E-state index contributed by atoms with van der Waals surface area (Å²) in [6.45, 7) is 0. The van der Waals surface area contributed by atoms with E-state index in [2.05, 4.69) is 10.0 Å². The predicted molar refractivity (Wildman–Crippen MR) is 76.6 cm³/mol. The molecular formula is C13H16N2O5S. The second-order valence-corrected chi connectivity index (χ2v) is 6.70. The summed E-state index contributed by atoms with van der Waals surface area (Å²) < 4.78 is 25.9. The number of nitrogens with one attached hydrogen (secondary N) is 2. The van der Waals surface area contributed by atoms with Gasteiger partial charge in [-0.2, -0.15) is 0 Å². The fourth-order valence-corrected chi connectivity index (χ4v) is 2.76. The number of rotatable bonds is 7. The Balaban J connectivity index is 2.11. The van der Waals surface area contributed by atoms with E-state index in [0.717, 1.165) is 12.8 Å². The third-order valence-electron chi connectivity index (χ3n) is 2.93. The van der Waals surface area contributed by atoms with Crippen LogP contribution in [0.15, 0.2) is 24.3 Å². The molecule has 0 heterocycles. The molecule has 1 aliphatic carbocycles. The molecule has 0 aliphatic heterocycles. The first kappa shape index (κ1) is 15.3. The molecule has 1 saturated carbocycles. The highest BCUT2D eigenvalue weighted by Crippen LogP contribution is 2.22. The number of carboxylic acid groups (broad SMARTS) is 1. The van der Waals surface area contributed by atoms with Gasteiger partial charge in [-0.15, -0.1) is 0 Å². The third kappa shape index (κ3) is 4.75. The van der Waals surface area contributed by atoms with E-state index in [-0.39, 0.29) is 23.2 Å². The minimum Gasteiger partial charge on any atom is -0.481 e. The summed E-state index contributed by atoms with van der Waals surface area (Å²) in [5.41, 5.74) is 0.379. The van der Waals surface area contributed by atoms with Gasteiger partial charge in [-0.05, 0) is 25.0 Å². The minimum atomic E-state index is -3.81. The summed E-state index contributed by atoms with van der Waals surface area (Å²) >= 11 is 0. The topological polar surface area (TPSA) is 113 Å². The number of benzene rings is 1. The van der Waals surface area contributed by atoms with Crippen molar-refractivity contribution in [3.05, 3.63) is 29.8 Å². The Kier molecular flexibility index (Phi) is 4.46. The Hall–Kier alpha value is -2.09. The lowest BCUT2D eigenvalue weighted by Gasteiger charge is -2.12. The van der Waals surface area contributed by atoms with Crippen LogP contribution in [0.25, 0.3) is 0 Å². The molecule has 1 fully saturated rings. The lowest BCUT2D eigenvalue weighted by Crippen LogP contribution is -2.27. The van der Waals surface area contributed by atoms with Crippen molar-refractivity contribution in [2.45, 2.75) is 25.3 Å². The van der Waals surface area contributed by atoms with Gasteiger partial charge < -0.3 is 10.4 Å². The van der Waals surface area contributed by atoms with E-state index in [1.165, 1.54) is 12.1 Å². The average Bonchev–Trinajstić information content (AvgIpc) is 3.20. The van der Waals surface area contributed by atoms with E-state index in [1.54, 1.807) is 12.1 Å². The van der Waals surface area contributed by atoms with Crippen LogP contribution in [-0.2, 0) is 14.8 Å². The van der Waals surface area contributed by atoms with Crippen LogP contribution in [0.3, 0.4) is 0 Å². The van der Waals surface area contributed by atoms with Crippen LogP contribution in [-0.4, -0.2) is 37.2 Å². The number of sulfonamides is 1. The van der Waals surface area contributed by atoms with Crippen molar-refractivity contribution < 1.29 is 23.1 Å². The molecule has 1 aromatic rings. The van der Waals surface area contributed by atoms with Gasteiger partial charge in [-0.1, -0.05) is 12.1 Å². The summed E-state index contributed by atoms with van der Waals surface area (Å²) in [6.07, 6.45) is 1.36. The summed E-state index contributed by atoms with van der Waals surface area (Å²) in [5, 5.41) is 11.3. The molecule has 0 aromatic heterocycles. The molecule has 0 unspecified atom stereocenters. The highest BCUT2D eigenvalue weighted by atomic mass is 32.2. The van der Waals surface area contributed by atoms with Crippen molar-refractivity contribution in [1.29, 1.82) is 0 Å². The molecule has 8 heteroatoms. The van der Waals surface area contributed by atoms with Gasteiger partial charge in [0.1, 0.15) is 0 Å². The number of carbonyl (C=O) groups excluding carboxylic acids is 1. The number of amides is 1. The van der Waals surface area contributed by atoms with Gasteiger partial charge in [0.25, 0.3) is 5.91 Å². The normalized spacial score (nSPS) is 14.5. The lowest BCUT2D eigenvalue weighted by molar-refractivity contribution is -0.136. The Morgan fingerprint density at radius 2 is 1.90 bits per heavy atom. The van der Waals surface area contributed by atoms with Crippen LogP contribution < -0.4 is 10.0 Å². The van der Waals surface area contributed by atoms with E-state index in [9.17, 15) is 18.0 Å². The first-order valence-electron chi connectivity index (χ1n) is 6.49. The number of carboxylic acids is 1. The molecule has 1 aromatic carbocycles. The fourth-order valence-electron chi connectivity index (χ4n) is 1.70. The standard InChI is InChI=1S/C13H16N2O5S/c16-12(17)7-8-21(19,20)15-11-4-2-1-3-10(11)13(18)14-9-5-6-9/h1-4,9,15H,5-8H2,(H,14,18)(H,16,17). The van der Waals surface area contributed by atoms with Gasteiger partial charge >= 0.3 is 5.97 Å². The average molecular weight is 312 g/mol. The number of anilines is 1. The summed E-state index contributed by atoms with van der Waals surface area (Å²) in [4.78, 5) is 22.5. The summed E-state index contributed by atoms with van der Waals surface area (Å²) in [5.74, 6) is -2.07. The largest absolute Gasteiger partial charge is 0.481 e. The highest BCUT2D eigenvalue weighted by Gasteiger charge is 2.25. The first-order chi connectivity index (χ1) is 9.87. The van der Waals surface area contributed by atoms with Gasteiger partial charge in [0, 0.05) is 6.04 Å². The molecule has 0 radical (unpaired) electrons. The number of carbonyl (C=O) groups is 2.